The van der Waals surface area contributed by atoms with E-state index in [2.05, 4.69) is 5.92 Å². The van der Waals surface area contributed by atoms with E-state index in [0.717, 1.165) is 0 Å². The van der Waals surface area contributed by atoms with Crippen LogP contribution in [-0.2, 0) is 4.74 Å². The Morgan fingerprint density at radius 1 is 1.78 bits per heavy atom. The second-order valence-electron chi connectivity index (χ2n) is 1.39. The van der Waals surface area contributed by atoms with Crippen molar-refractivity contribution >= 4 is 22.6 Å². The molecule has 2 unspecified atom stereocenters. The van der Waals surface area contributed by atoms with Gasteiger partial charge in [-0.15, -0.1) is 6.42 Å². The highest BCUT2D eigenvalue weighted by molar-refractivity contribution is 14.1. The molecular formula is C6H6INO. The Labute approximate surface area is 68.3 Å². The molecule has 0 radical (unpaired) electrons. The first-order valence-corrected chi connectivity index (χ1v) is 3.60. The molecule has 3 heteroatoms. The van der Waals surface area contributed by atoms with Crippen molar-refractivity contribution in [2.24, 2.45) is 0 Å². The molecule has 0 aliphatic heterocycles. The lowest BCUT2D eigenvalue weighted by Crippen LogP contribution is -2.10. The van der Waals surface area contributed by atoms with Crippen molar-refractivity contribution in [3.05, 3.63) is 0 Å². The maximum Gasteiger partial charge on any atom is 0.170 e. The summed E-state index contributed by atoms with van der Waals surface area (Å²) in [6, 6.07) is 1.91. The van der Waals surface area contributed by atoms with Crippen molar-refractivity contribution in [1.82, 2.24) is 0 Å². The second-order valence-corrected chi connectivity index (χ2v) is 2.52. The first-order valence-electron chi connectivity index (χ1n) is 2.36. The van der Waals surface area contributed by atoms with Crippen LogP contribution in [0.15, 0.2) is 0 Å². The van der Waals surface area contributed by atoms with Gasteiger partial charge in [0.15, 0.2) is 4.11 Å². The summed E-state index contributed by atoms with van der Waals surface area (Å²) in [4.78, 5) is 0. The van der Waals surface area contributed by atoms with Crippen molar-refractivity contribution < 1.29 is 4.74 Å². The number of rotatable bonds is 2. The van der Waals surface area contributed by atoms with E-state index in [-0.39, 0.29) is 4.11 Å². The van der Waals surface area contributed by atoms with Gasteiger partial charge < -0.3 is 4.74 Å². The molecule has 0 saturated carbocycles. The quantitative estimate of drug-likeness (QED) is 0.410. The molecule has 0 aliphatic rings. The van der Waals surface area contributed by atoms with Gasteiger partial charge in [-0.25, -0.2) is 0 Å². The largest absolute Gasteiger partial charge is 0.338 e. The van der Waals surface area contributed by atoms with Gasteiger partial charge in [0.2, 0.25) is 0 Å². The Hall–Kier alpha value is -0.260. The molecule has 0 N–H and O–H groups in total. The van der Waals surface area contributed by atoms with Crippen molar-refractivity contribution in [2.45, 2.75) is 17.1 Å². The van der Waals surface area contributed by atoms with Crippen LogP contribution >= 0.6 is 22.6 Å². The Morgan fingerprint density at radius 2 is 2.33 bits per heavy atom. The minimum absolute atomic E-state index is 0.294. The molecule has 2 atom stereocenters. The van der Waals surface area contributed by atoms with Crippen LogP contribution in [0.25, 0.3) is 0 Å². The lowest BCUT2D eigenvalue weighted by molar-refractivity contribution is 0.121. The van der Waals surface area contributed by atoms with Crippen LogP contribution in [0.3, 0.4) is 0 Å². The monoisotopic (exact) mass is 235 g/mol. The normalized spacial score (nSPS) is 15.1. The lowest BCUT2D eigenvalue weighted by atomic mass is 10.5. The number of halogens is 1. The lowest BCUT2D eigenvalue weighted by Gasteiger charge is -2.04. The zero-order chi connectivity index (χ0) is 7.28. The summed E-state index contributed by atoms with van der Waals surface area (Å²) in [5, 5.41) is 8.23. The van der Waals surface area contributed by atoms with Crippen molar-refractivity contribution in [3.63, 3.8) is 0 Å². The minimum atomic E-state index is -0.414. The summed E-state index contributed by atoms with van der Waals surface area (Å²) in [5.74, 6) is 2.34. The van der Waals surface area contributed by atoms with Crippen molar-refractivity contribution in [3.8, 4) is 18.4 Å². The highest BCUT2D eigenvalue weighted by Crippen LogP contribution is 2.03. The van der Waals surface area contributed by atoms with Gasteiger partial charge in [0.05, 0.1) is 6.07 Å². The first-order chi connectivity index (χ1) is 4.20. The molecule has 0 bridgehead atoms. The second kappa shape index (κ2) is 4.60. The zero-order valence-corrected chi connectivity index (χ0v) is 7.12. The molecule has 0 aromatic heterocycles. The third-order valence-electron chi connectivity index (χ3n) is 0.636. The Bertz CT molecular complexity index is 137. The highest BCUT2D eigenvalue weighted by Gasteiger charge is 2.03. The maximum atomic E-state index is 8.23. The standard InChI is InChI=1S/C6H6INO/c1-3-6(7)9-5(2)4-8/h1,5-6H,2H3. The van der Waals surface area contributed by atoms with Gasteiger partial charge in [0, 0.05) is 0 Å². The third kappa shape index (κ3) is 4.26. The maximum absolute atomic E-state index is 8.23. The van der Waals surface area contributed by atoms with Crippen LogP contribution < -0.4 is 0 Å². The number of ether oxygens (including phenoxy) is 1. The van der Waals surface area contributed by atoms with E-state index in [9.17, 15) is 0 Å². The predicted octanol–water partition coefficient (Wildman–Crippen LogP) is 1.31. The van der Waals surface area contributed by atoms with Gasteiger partial charge in [0.1, 0.15) is 6.10 Å². The molecular weight excluding hydrogens is 229 g/mol. The molecule has 0 aliphatic carbocycles. The predicted molar refractivity (Wildman–Crippen MR) is 42.8 cm³/mol. The van der Waals surface area contributed by atoms with Crippen LogP contribution in [0.5, 0.6) is 0 Å². The van der Waals surface area contributed by atoms with Gasteiger partial charge in [-0.3, -0.25) is 0 Å². The van der Waals surface area contributed by atoms with Gasteiger partial charge >= 0.3 is 0 Å². The number of alkyl halides is 1. The fourth-order valence-corrected chi connectivity index (χ4v) is 0.689. The molecule has 9 heavy (non-hydrogen) atoms. The average molecular weight is 235 g/mol. The van der Waals surface area contributed by atoms with Crippen LogP contribution in [0.2, 0.25) is 0 Å². The molecule has 48 valence electrons. The summed E-state index contributed by atoms with van der Waals surface area (Å²) in [5.41, 5.74) is 0. The first kappa shape index (κ1) is 8.74. The summed E-state index contributed by atoms with van der Waals surface area (Å²) in [7, 11) is 0. The van der Waals surface area contributed by atoms with E-state index < -0.39 is 6.10 Å². The third-order valence-corrected chi connectivity index (χ3v) is 1.29. The molecule has 0 spiro atoms. The van der Waals surface area contributed by atoms with E-state index in [1.54, 1.807) is 6.92 Å². The number of nitrogens with zero attached hydrogens (tertiary/aromatic N) is 1. The summed E-state index contributed by atoms with van der Waals surface area (Å²) < 4.78 is 4.64. The number of nitriles is 1. The molecule has 2 nitrogen and oxygen atoms in total. The summed E-state index contributed by atoms with van der Waals surface area (Å²) in [6.07, 6.45) is 4.57. The van der Waals surface area contributed by atoms with Gasteiger partial charge in [0.25, 0.3) is 0 Å². The van der Waals surface area contributed by atoms with Gasteiger partial charge in [-0.05, 0) is 29.5 Å². The highest BCUT2D eigenvalue weighted by atomic mass is 127. The molecule has 0 aromatic carbocycles. The van der Waals surface area contributed by atoms with Crippen molar-refractivity contribution in [2.75, 3.05) is 0 Å². The van der Waals surface area contributed by atoms with E-state index in [0.29, 0.717) is 0 Å². The van der Waals surface area contributed by atoms with Gasteiger partial charge in [-0.1, -0.05) is 5.92 Å². The summed E-state index contributed by atoms with van der Waals surface area (Å²) >= 11 is 1.93. The minimum Gasteiger partial charge on any atom is -0.338 e. The molecule has 0 amide bonds. The van der Waals surface area contributed by atoms with Gasteiger partial charge in [-0.2, -0.15) is 5.26 Å². The number of terminal acetylenes is 1. The number of hydrogen-bond donors (Lipinski definition) is 0. The smallest absolute Gasteiger partial charge is 0.170 e. The fourth-order valence-electron chi connectivity index (χ4n) is 0.249. The van der Waals surface area contributed by atoms with Crippen LogP contribution in [0.4, 0.5) is 0 Å². The van der Waals surface area contributed by atoms with Crippen LogP contribution in [0.1, 0.15) is 6.92 Å². The topological polar surface area (TPSA) is 33.0 Å². The molecule has 0 heterocycles. The Kier molecular flexibility index (Phi) is 4.47. The molecule has 0 saturated heterocycles. The number of hydrogen-bond acceptors (Lipinski definition) is 2. The average Bonchev–Trinajstić information content (AvgIpc) is 1.87. The molecule has 0 aromatic rings. The Morgan fingerprint density at radius 3 is 2.67 bits per heavy atom. The SMILES string of the molecule is C#CC(I)OC(C)C#N. The summed E-state index contributed by atoms with van der Waals surface area (Å²) in [6.45, 7) is 1.66. The van der Waals surface area contributed by atoms with E-state index in [4.69, 9.17) is 16.4 Å². The fraction of sp³-hybridized carbons (Fsp3) is 0.500. The van der Waals surface area contributed by atoms with Crippen LogP contribution in [-0.4, -0.2) is 10.2 Å². The van der Waals surface area contributed by atoms with Crippen LogP contribution in [0, 0.1) is 23.7 Å². The molecule has 0 rings (SSSR count). The van der Waals surface area contributed by atoms with E-state index >= 15 is 0 Å². The van der Waals surface area contributed by atoms with E-state index in [1.807, 2.05) is 28.7 Å². The molecule has 0 fully saturated rings. The zero-order valence-electron chi connectivity index (χ0n) is 4.97. The van der Waals surface area contributed by atoms with Crippen molar-refractivity contribution in [1.29, 1.82) is 5.26 Å². The van der Waals surface area contributed by atoms with E-state index in [1.165, 1.54) is 0 Å². The Balaban J connectivity index is 3.53.